The summed E-state index contributed by atoms with van der Waals surface area (Å²) >= 11 is 3.45. The molecule has 4 heterocycles. The zero-order valence-electron chi connectivity index (χ0n) is 29.6. The van der Waals surface area contributed by atoms with Gasteiger partial charge in [-0.2, -0.15) is 0 Å². The SMILES string of the molecule is C1=C(c2ccc(C3=NC(c4ccc(-c5nc6ccccc6s5)cc4)=CC(c4ccc(-c5nc6ccccc6s5)cc4)N3)cc2)CCc2c1oc1ccccc21. The lowest BCUT2D eigenvalue weighted by atomic mass is 9.91. The molecule has 1 aliphatic heterocycles. The van der Waals surface area contributed by atoms with E-state index in [0.717, 1.165) is 84.6 Å². The van der Waals surface area contributed by atoms with E-state index in [1.54, 1.807) is 22.7 Å². The molecule has 0 saturated carbocycles. The van der Waals surface area contributed by atoms with Gasteiger partial charge in [-0.1, -0.05) is 115 Å². The summed E-state index contributed by atoms with van der Waals surface area (Å²) in [5.74, 6) is 1.82. The fourth-order valence-corrected chi connectivity index (χ4v) is 9.63. The topological polar surface area (TPSA) is 63.3 Å². The first kappa shape index (κ1) is 32.1. The highest BCUT2D eigenvalue weighted by Gasteiger charge is 2.22. The van der Waals surface area contributed by atoms with E-state index in [1.165, 1.54) is 31.5 Å². The molecular formula is C48H32N4OS2. The van der Waals surface area contributed by atoms with E-state index in [1.807, 2.05) is 18.2 Å². The van der Waals surface area contributed by atoms with Crippen LogP contribution >= 0.6 is 22.7 Å². The Morgan fingerprint density at radius 3 is 1.84 bits per heavy atom. The second-order valence-corrected chi connectivity index (χ2v) is 16.1. The number of hydrogen-bond acceptors (Lipinski definition) is 7. The second kappa shape index (κ2) is 13.2. The predicted octanol–water partition coefficient (Wildman–Crippen LogP) is 12.6. The van der Waals surface area contributed by atoms with Crippen LogP contribution in [-0.2, 0) is 6.42 Å². The van der Waals surface area contributed by atoms with E-state index >= 15 is 0 Å². The van der Waals surface area contributed by atoms with Crippen LogP contribution in [0.25, 0.3) is 69.9 Å². The van der Waals surface area contributed by atoms with Gasteiger partial charge in [0.2, 0.25) is 0 Å². The van der Waals surface area contributed by atoms with Gasteiger partial charge in [-0.05, 0) is 77.6 Å². The normalized spacial score (nSPS) is 15.4. The summed E-state index contributed by atoms with van der Waals surface area (Å²) in [6, 6.07) is 51.1. The quantitative estimate of drug-likeness (QED) is 0.184. The molecule has 0 saturated heterocycles. The number of nitrogens with one attached hydrogen (secondary N) is 1. The van der Waals surface area contributed by atoms with E-state index in [9.17, 15) is 0 Å². The van der Waals surface area contributed by atoms with Crippen molar-refractivity contribution in [2.45, 2.75) is 18.9 Å². The molecule has 2 aliphatic rings. The number of fused-ring (bicyclic) bond motifs is 5. The van der Waals surface area contributed by atoms with Crippen LogP contribution in [0.4, 0.5) is 0 Å². The van der Waals surface area contributed by atoms with Crippen molar-refractivity contribution in [1.29, 1.82) is 0 Å². The van der Waals surface area contributed by atoms with E-state index < -0.39 is 0 Å². The highest BCUT2D eigenvalue weighted by molar-refractivity contribution is 7.22. The zero-order chi connectivity index (χ0) is 36.3. The molecule has 9 aromatic rings. The third-order valence-corrected chi connectivity index (χ3v) is 12.8. The first-order valence-electron chi connectivity index (χ1n) is 18.5. The van der Waals surface area contributed by atoms with Crippen molar-refractivity contribution >= 4 is 77.3 Å². The maximum Gasteiger partial charge on any atom is 0.135 e. The number of allylic oxidation sites excluding steroid dienone is 1. The fourth-order valence-electron chi connectivity index (χ4n) is 7.69. The van der Waals surface area contributed by atoms with E-state index in [4.69, 9.17) is 19.4 Å². The van der Waals surface area contributed by atoms with Gasteiger partial charge in [-0.25, -0.2) is 15.0 Å². The minimum absolute atomic E-state index is 0.0805. The summed E-state index contributed by atoms with van der Waals surface area (Å²) in [5.41, 5.74) is 13.2. The highest BCUT2D eigenvalue weighted by Crippen LogP contribution is 2.38. The molecule has 0 fully saturated rings. The molecule has 262 valence electrons. The van der Waals surface area contributed by atoms with Crippen LogP contribution in [0.2, 0.25) is 0 Å². The Bertz CT molecular complexity index is 2930. The Morgan fingerprint density at radius 2 is 1.15 bits per heavy atom. The van der Waals surface area contributed by atoms with Crippen molar-refractivity contribution in [2.24, 2.45) is 4.99 Å². The van der Waals surface area contributed by atoms with E-state index in [0.29, 0.717) is 0 Å². The van der Waals surface area contributed by atoms with Gasteiger partial charge in [-0.15, -0.1) is 22.7 Å². The molecule has 6 aromatic carbocycles. The summed E-state index contributed by atoms with van der Waals surface area (Å²) in [4.78, 5) is 15.0. The lowest BCUT2D eigenvalue weighted by Gasteiger charge is -2.25. The summed E-state index contributed by atoms with van der Waals surface area (Å²) in [7, 11) is 0. The first-order valence-corrected chi connectivity index (χ1v) is 20.1. The monoisotopic (exact) mass is 744 g/mol. The van der Waals surface area contributed by atoms with Crippen LogP contribution in [0.15, 0.2) is 161 Å². The molecule has 3 aromatic heterocycles. The number of aryl methyl sites for hydroxylation is 1. The Morgan fingerprint density at radius 1 is 0.564 bits per heavy atom. The second-order valence-electron chi connectivity index (χ2n) is 14.0. The van der Waals surface area contributed by atoms with Crippen LogP contribution < -0.4 is 5.32 Å². The standard InChI is InChI=1S/C48H32N4OS2/c1-4-10-42-36(7-1)37-26-25-35(27-43(37)53-42)29-13-19-32(20-14-29)46-49-40(30-15-21-33(22-16-30)47-51-38-8-2-5-11-44(38)54-47)28-41(50-46)31-17-23-34(24-18-31)48-52-39-9-3-6-12-45(39)55-48/h1-24,27-28,40H,25-26H2,(H,49,50). The smallest absolute Gasteiger partial charge is 0.135 e. The zero-order valence-corrected chi connectivity index (χ0v) is 31.2. The summed E-state index contributed by atoms with van der Waals surface area (Å²) in [6.45, 7) is 0. The first-order chi connectivity index (χ1) is 27.2. The van der Waals surface area contributed by atoms with Gasteiger partial charge in [0.1, 0.15) is 27.2 Å². The molecule has 5 nitrogen and oxygen atoms in total. The van der Waals surface area contributed by atoms with Gasteiger partial charge in [0.25, 0.3) is 0 Å². The predicted molar refractivity (Wildman–Crippen MR) is 229 cm³/mol. The third-order valence-electron chi connectivity index (χ3n) is 10.6. The largest absolute Gasteiger partial charge is 0.456 e. The minimum atomic E-state index is -0.0805. The molecule has 1 N–H and O–H groups in total. The molecule has 0 amide bonds. The van der Waals surface area contributed by atoms with Crippen molar-refractivity contribution < 1.29 is 4.42 Å². The van der Waals surface area contributed by atoms with Crippen molar-refractivity contribution in [2.75, 3.05) is 0 Å². The molecule has 0 radical (unpaired) electrons. The summed E-state index contributed by atoms with van der Waals surface area (Å²) in [6.07, 6.45) is 6.40. The van der Waals surface area contributed by atoms with Gasteiger partial charge in [0, 0.05) is 27.6 Å². The van der Waals surface area contributed by atoms with Crippen molar-refractivity contribution in [3.8, 4) is 21.1 Å². The van der Waals surface area contributed by atoms with Crippen LogP contribution in [0.3, 0.4) is 0 Å². The number of benzene rings is 6. The Balaban J connectivity index is 0.921. The molecule has 7 heteroatoms. The Labute approximate surface area is 325 Å². The number of thiazole rings is 2. The molecular weight excluding hydrogens is 713 g/mol. The lowest BCUT2D eigenvalue weighted by Crippen LogP contribution is -2.31. The van der Waals surface area contributed by atoms with Crippen molar-refractivity contribution in [3.05, 3.63) is 185 Å². The van der Waals surface area contributed by atoms with Crippen LogP contribution in [0, 0.1) is 0 Å². The number of furan rings is 1. The fraction of sp³-hybridized carbons (Fsp3) is 0.0625. The van der Waals surface area contributed by atoms with Gasteiger partial charge >= 0.3 is 0 Å². The maximum absolute atomic E-state index is 6.24. The third kappa shape index (κ3) is 5.89. The molecule has 0 spiro atoms. The molecule has 0 bridgehead atoms. The number of amidine groups is 1. The summed E-state index contributed by atoms with van der Waals surface area (Å²) in [5, 5.41) is 7.04. The molecule has 11 rings (SSSR count). The van der Waals surface area contributed by atoms with Crippen LogP contribution in [-0.4, -0.2) is 15.8 Å². The number of aliphatic imine (C=N–C) groups is 1. The average molecular weight is 745 g/mol. The van der Waals surface area contributed by atoms with E-state index in [2.05, 4.69) is 145 Å². The number of rotatable bonds is 6. The number of aromatic nitrogens is 2. The van der Waals surface area contributed by atoms with Crippen molar-refractivity contribution in [1.82, 2.24) is 15.3 Å². The highest BCUT2D eigenvalue weighted by atomic mass is 32.1. The summed E-state index contributed by atoms with van der Waals surface area (Å²) < 4.78 is 8.63. The minimum Gasteiger partial charge on any atom is -0.456 e. The van der Waals surface area contributed by atoms with Crippen LogP contribution in [0.1, 0.15) is 46.0 Å². The molecule has 55 heavy (non-hydrogen) atoms. The Hall–Kier alpha value is -6.41. The number of nitrogens with zero attached hydrogens (tertiary/aromatic N) is 3. The van der Waals surface area contributed by atoms with Gasteiger partial charge < -0.3 is 9.73 Å². The van der Waals surface area contributed by atoms with Gasteiger partial charge in [0.15, 0.2) is 0 Å². The molecule has 1 atom stereocenters. The van der Waals surface area contributed by atoms with Crippen LogP contribution in [0.5, 0.6) is 0 Å². The number of hydrogen-bond donors (Lipinski definition) is 1. The van der Waals surface area contributed by atoms with Crippen molar-refractivity contribution in [3.63, 3.8) is 0 Å². The van der Waals surface area contributed by atoms with Gasteiger partial charge in [0.05, 0.1) is 32.2 Å². The Kier molecular flexibility index (Phi) is 7.67. The number of para-hydroxylation sites is 3. The maximum atomic E-state index is 6.24. The van der Waals surface area contributed by atoms with E-state index in [-0.39, 0.29) is 6.04 Å². The van der Waals surface area contributed by atoms with Gasteiger partial charge in [-0.3, -0.25) is 0 Å². The molecule has 1 aliphatic carbocycles. The lowest BCUT2D eigenvalue weighted by molar-refractivity contribution is 0.596. The molecule has 1 unspecified atom stereocenters. The average Bonchev–Trinajstić information content (AvgIpc) is 3.99.